The Morgan fingerprint density at radius 3 is 2.44 bits per heavy atom. The van der Waals surface area contributed by atoms with Crippen LogP contribution in [0.5, 0.6) is 11.5 Å². The predicted octanol–water partition coefficient (Wildman–Crippen LogP) is 1.20. The van der Waals surface area contributed by atoms with Crippen molar-refractivity contribution in [1.82, 2.24) is 10.9 Å². The summed E-state index contributed by atoms with van der Waals surface area (Å²) in [7, 11) is 0. The number of fused-ring (bicyclic) bond motifs is 1. The number of nitrogens with zero attached hydrogens (tertiary/aromatic N) is 1. The van der Waals surface area contributed by atoms with Crippen molar-refractivity contribution in [3.63, 3.8) is 0 Å². The number of amides is 3. The van der Waals surface area contributed by atoms with E-state index in [-0.39, 0.29) is 13.0 Å². The number of imide groups is 1. The molecule has 10 heteroatoms. The second-order valence-electron chi connectivity index (χ2n) is 7.05. The molecule has 0 saturated carbocycles. The zero-order valence-electron chi connectivity index (χ0n) is 17.3. The summed E-state index contributed by atoms with van der Waals surface area (Å²) in [6.45, 7) is 2.79. The topological polar surface area (TPSA) is 123 Å². The Bertz CT molecular complexity index is 1070. The Morgan fingerprint density at radius 2 is 1.72 bits per heavy atom. The number of carbonyl (C=O) groups excluding carboxylic acids is 4. The fourth-order valence-corrected chi connectivity index (χ4v) is 3.39. The van der Waals surface area contributed by atoms with Crippen molar-refractivity contribution in [1.29, 1.82) is 0 Å². The van der Waals surface area contributed by atoms with Crippen LogP contribution in [0.1, 0.15) is 34.1 Å². The van der Waals surface area contributed by atoms with E-state index in [4.69, 9.17) is 14.2 Å². The van der Waals surface area contributed by atoms with Gasteiger partial charge in [0.05, 0.1) is 24.3 Å². The van der Waals surface area contributed by atoms with E-state index in [0.29, 0.717) is 41.5 Å². The summed E-state index contributed by atoms with van der Waals surface area (Å²) in [5.41, 5.74) is 6.05. The fraction of sp³-hybridized carbons (Fsp3) is 0.273. The lowest BCUT2D eigenvalue weighted by Crippen LogP contribution is -2.48. The summed E-state index contributed by atoms with van der Waals surface area (Å²) in [6.07, 6.45) is -0.125. The standard InChI is InChI=1S/C22H21N3O7/c1-2-30-22(29)13-3-6-15(7-4-13)25-19(26)12-16(21(25)28)23-24-20(27)14-5-8-17-18(11-14)32-10-9-31-17/h3-8,11,16,23H,2,9-10,12H2,1H3,(H,24,27). The Labute approximate surface area is 183 Å². The summed E-state index contributed by atoms with van der Waals surface area (Å²) < 4.78 is 15.8. The normalized spacial score (nSPS) is 17.3. The van der Waals surface area contributed by atoms with Gasteiger partial charge < -0.3 is 14.2 Å². The van der Waals surface area contributed by atoms with E-state index in [1.165, 1.54) is 24.3 Å². The van der Waals surface area contributed by atoms with Crippen molar-refractivity contribution in [3.05, 3.63) is 53.6 Å². The van der Waals surface area contributed by atoms with Crippen molar-refractivity contribution in [2.45, 2.75) is 19.4 Å². The Morgan fingerprint density at radius 1 is 1.03 bits per heavy atom. The number of rotatable bonds is 6. The minimum absolute atomic E-state index is 0.125. The maximum Gasteiger partial charge on any atom is 0.338 e. The highest BCUT2D eigenvalue weighted by atomic mass is 16.6. The number of hydrogen-bond acceptors (Lipinski definition) is 8. The summed E-state index contributed by atoms with van der Waals surface area (Å²) in [6, 6.07) is 9.80. The van der Waals surface area contributed by atoms with Gasteiger partial charge >= 0.3 is 5.97 Å². The molecule has 2 aromatic rings. The molecule has 0 radical (unpaired) electrons. The van der Waals surface area contributed by atoms with Crippen LogP contribution in [0.2, 0.25) is 0 Å². The monoisotopic (exact) mass is 439 g/mol. The minimum Gasteiger partial charge on any atom is -0.486 e. The molecule has 0 aliphatic carbocycles. The molecule has 2 heterocycles. The van der Waals surface area contributed by atoms with Crippen LogP contribution < -0.4 is 25.2 Å². The van der Waals surface area contributed by atoms with Crippen LogP contribution in [0, 0.1) is 0 Å². The SMILES string of the molecule is CCOC(=O)c1ccc(N2C(=O)CC(NNC(=O)c3ccc4c(c3)OCCO4)C2=O)cc1. The first-order valence-electron chi connectivity index (χ1n) is 10.1. The Balaban J connectivity index is 1.39. The number of esters is 1. The van der Waals surface area contributed by atoms with Crippen LogP contribution >= 0.6 is 0 Å². The largest absolute Gasteiger partial charge is 0.486 e. The van der Waals surface area contributed by atoms with E-state index < -0.39 is 29.7 Å². The van der Waals surface area contributed by atoms with Crippen molar-refractivity contribution in [3.8, 4) is 11.5 Å². The maximum absolute atomic E-state index is 12.7. The number of hydrazine groups is 1. The van der Waals surface area contributed by atoms with Gasteiger partial charge in [0.2, 0.25) is 5.91 Å². The van der Waals surface area contributed by atoms with Crippen LogP contribution in [-0.4, -0.2) is 49.6 Å². The molecule has 2 aromatic carbocycles. The molecule has 2 aliphatic heterocycles. The van der Waals surface area contributed by atoms with E-state index in [9.17, 15) is 19.2 Å². The summed E-state index contributed by atoms with van der Waals surface area (Å²) in [5, 5.41) is 0. The molecular formula is C22H21N3O7. The molecule has 0 spiro atoms. The van der Waals surface area contributed by atoms with Gasteiger partial charge in [0.15, 0.2) is 11.5 Å². The highest BCUT2D eigenvalue weighted by Crippen LogP contribution is 2.30. The average Bonchev–Trinajstić information content (AvgIpc) is 3.10. The van der Waals surface area contributed by atoms with Gasteiger partial charge in [0, 0.05) is 5.56 Å². The van der Waals surface area contributed by atoms with E-state index in [1.807, 2.05) is 0 Å². The third kappa shape index (κ3) is 4.26. The molecule has 1 saturated heterocycles. The first-order chi connectivity index (χ1) is 15.5. The van der Waals surface area contributed by atoms with E-state index in [1.54, 1.807) is 25.1 Å². The average molecular weight is 439 g/mol. The number of carbonyl (C=O) groups is 4. The molecule has 2 aliphatic rings. The molecule has 2 N–H and O–H groups in total. The van der Waals surface area contributed by atoms with Crippen molar-refractivity contribution < 1.29 is 33.4 Å². The highest BCUT2D eigenvalue weighted by Gasteiger charge is 2.39. The molecule has 1 atom stereocenters. The van der Waals surface area contributed by atoms with Crippen molar-refractivity contribution in [2.24, 2.45) is 0 Å². The lowest BCUT2D eigenvalue weighted by molar-refractivity contribution is -0.121. The molecular weight excluding hydrogens is 418 g/mol. The number of benzene rings is 2. The third-order valence-corrected chi connectivity index (χ3v) is 4.95. The van der Waals surface area contributed by atoms with Crippen LogP contribution in [-0.2, 0) is 14.3 Å². The molecule has 32 heavy (non-hydrogen) atoms. The van der Waals surface area contributed by atoms with Gasteiger partial charge in [-0.1, -0.05) is 0 Å². The number of ether oxygens (including phenoxy) is 3. The van der Waals surface area contributed by atoms with Gasteiger partial charge in [-0.15, -0.1) is 0 Å². The quantitative estimate of drug-likeness (QED) is 0.391. The first-order valence-corrected chi connectivity index (χ1v) is 10.1. The molecule has 10 nitrogen and oxygen atoms in total. The van der Waals surface area contributed by atoms with E-state index in [2.05, 4.69) is 10.9 Å². The van der Waals surface area contributed by atoms with Crippen LogP contribution in [0.4, 0.5) is 5.69 Å². The van der Waals surface area contributed by atoms with Crippen molar-refractivity contribution in [2.75, 3.05) is 24.7 Å². The van der Waals surface area contributed by atoms with Gasteiger partial charge in [0.25, 0.3) is 11.8 Å². The minimum atomic E-state index is -0.923. The molecule has 0 aromatic heterocycles. The maximum atomic E-state index is 12.7. The van der Waals surface area contributed by atoms with Crippen molar-refractivity contribution >= 4 is 29.4 Å². The molecule has 1 unspecified atom stereocenters. The number of hydrogen-bond donors (Lipinski definition) is 2. The summed E-state index contributed by atoms with van der Waals surface area (Å²) in [5.74, 6) is -0.888. The lowest BCUT2D eigenvalue weighted by atomic mass is 10.2. The van der Waals surface area contributed by atoms with Gasteiger partial charge in [0.1, 0.15) is 19.3 Å². The second-order valence-corrected chi connectivity index (χ2v) is 7.05. The van der Waals surface area contributed by atoms with E-state index in [0.717, 1.165) is 4.90 Å². The van der Waals surface area contributed by atoms with Gasteiger partial charge in [-0.3, -0.25) is 19.8 Å². The highest BCUT2D eigenvalue weighted by molar-refractivity contribution is 6.22. The summed E-state index contributed by atoms with van der Waals surface area (Å²) >= 11 is 0. The third-order valence-electron chi connectivity index (χ3n) is 4.95. The first kappa shape index (κ1) is 21.3. The predicted molar refractivity (Wildman–Crippen MR) is 111 cm³/mol. The molecule has 0 bridgehead atoms. The van der Waals surface area contributed by atoms with Gasteiger partial charge in [-0.25, -0.2) is 15.1 Å². The smallest absolute Gasteiger partial charge is 0.338 e. The fourth-order valence-electron chi connectivity index (χ4n) is 3.39. The Hall–Kier alpha value is -3.92. The molecule has 3 amide bonds. The van der Waals surface area contributed by atoms with Crippen LogP contribution in [0.3, 0.4) is 0 Å². The molecule has 166 valence electrons. The molecule has 1 fully saturated rings. The second kappa shape index (κ2) is 9.06. The zero-order valence-corrected chi connectivity index (χ0v) is 17.3. The zero-order chi connectivity index (χ0) is 22.7. The lowest BCUT2D eigenvalue weighted by Gasteiger charge is -2.19. The Kier molecular flexibility index (Phi) is 6.04. The summed E-state index contributed by atoms with van der Waals surface area (Å²) in [4.78, 5) is 50.4. The van der Waals surface area contributed by atoms with E-state index >= 15 is 0 Å². The van der Waals surface area contributed by atoms with Crippen LogP contribution in [0.15, 0.2) is 42.5 Å². The van der Waals surface area contributed by atoms with Gasteiger partial charge in [-0.05, 0) is 49.4 Å². The number of anilines is 1. The van der Waals surface area contributed by atoms with Gasteiger partial charge in [-0.2, -0.15) is 0 Å². The van der Waals surface area contributed by atoms with Crippen LogP contribution in [0.25, 0.3) is 0 Å². The number of nitrogens with one attached hydrogen (secondary N) is 2. The molecule has 4 rings (SSSR count).